The molecule has 0 saturated carbocycles. The standard InChI is InChI=1S/C18H19N5O/c1-11-6-13(3)14(7-12(11)2)8-15(9-19)17-16(10-20)18(21)23(22-17)4-5-24/h6-8,24H,4-5,21H2,1-3H3. The van der Waals surface area contributed by atoms with E-state index in [-0.39, 0.29) is 35.8 Å². The molecule has 0 fully saturated rings. The minimum atomic E-state index is -0.155. The van der Waals surface area contributed by atoms with E-state index in [0.29, 0.717) is 0 Å². The largest absolute Gasteiger partial charge is 0.394 e. The van der Waals surface area contributed by atoms with Crippen molar-refractivity contribution in [3.8, 4) is 12.1 Å². The highest BCUT2D eigenvalue weighted by Gasteiger charge is 2.19. The first-order valence-corrected chi connectivity index (χ1v) is 7.50. The van der Waals surface area contributed by atoms with Crippen LogP contribution in [0.1, 0.15) is 33.5 Å². The van der Waals surface area contributed by atoms with Crippen LogP contribution in [-0.4, -0.2) is 21.5 Å². The van der Waals surface area contributed by atoms with Gasteiger partial charge in [0.05, 0.1) is 18.7 Å². The molecule has 0 spiro atoms. The summed E-state index contributed by atoms with van der Waals surface area (Å²) in [5, 5.41) is 32.2. The number of aliphatic hydroxyl groups is 1. The molecule has 0 bridgehead atoms. The highest BCUT2D eigenvalue weighted by atomic mass is 16.3. The molecule has 0 amide bonds. The molecule has 2 rings (SSSR count). The van der Waals surface area contributed by atoms with Crippen LogP contribution in [0.3, 0.4) is 0 Å². The number of nitriles is 2. The zero-order valence-electron chi connectivity index (χ0n) is 14.0. The maximum atomic E-state index is 9.54. The summed E-state index contributed by atoms with van der Waals surface area (Å²) >= 11 is 0. The van der Waals surface area contributed by atoms with Gasteiger partial charge in [0.1, 0.15) is 29.2 Å². The van der Waals surface area contributed by atoms with E-state index in [1.165, 1.54) is 10.2 Å². The molecule has 0 aliphatic heterocycles. The molecular formula is C18H19N5O. The van der Waals surface area contributed by atoms with Gasteiger partial charge in [-0.2, -0.15) is 15.6 Å². The second-order valence-electron chi connectivity index (χ2n) is 5.63. The van der Waals surface area contributed by atoms with Gasteiger partial charge in [0.2, 0.25) is 0 Å². The molecule has 3 N–H and O–H groups in total. The van der Waals surface area contributed by atoms with Crippen LogP contribution in [0.5, 0.6) is 0 Å². The number of benzene rings is 1. The Morgan fingerprint density at radius 2 is 1.92 bits per heavy atom. The molecule has 0 aliphatic rings. The zero-order valence-corrected chi connectivity index (χ0v) is 14.0. The average molecular weight is 321 g/mol. The molecule has 24 heavy (non-hydrogen) atoms. The maximum Gasteiger partial charge on any atom is 0.140 e. The van der Waals surface area contributed by atoms with Crippen LogP contribution in [0.25, 0.3) is 11.6 Å². The normalized spacial score (nSPS) is 11.2. The first-order valence-electron chi connectivity index (χ1n) is 7.50. The number of aromatic nitrogens is 2. The van der Waals surface area contributed by atoms with E-state index < -0.39 is 0 Å². The van der Waals surface area contributed by atoms with Crippen molar-refractivity contribution in [2.45, 2.75) is 27.3 Å². The summed E-state index contributed by atoms with van der Waals surface area (Å²) in [5.74, 6) is 0.152. The predicted octanol–water partition coefficient (Wildman–Crippen LogP) is 2.32. The molecular weight excluding hydrogens is 302 g/mol. The van der Waals surface area contributed by atoms with Gasteiger partial charge in [0.25, 0.3) is 0 Å². The monoisotopic (exact) mass is 321 g/mol. The molecule has 0 atom stereocenters. The summed E-state index contributed by atoms with van der Waals surface area (Å²) in [5.41, 5.74) is 10.8. The fourth-order valence-corrected chi connectivity index (χ4v) is 2.49. The maximum absolute atomic E-state index is 9.54. The molecule has 0 unspecified atom stereocenters. The van der Waals surface area contributed by atoms with Crippen molar-refractivity contribution in [1.29, 1.82) is 10.5 Å². The van der Waals surface area contributed by atoms with Crippen molar-refractivity contribution in [1.82, 2.24) is 9.78 Å². The highest BCUT2D eigenvalue weighted by Crippen LogP contribution is 2.26. The van der Waals surface area contributed by atoms with Crippen LogP contribution < -0.4 is 5.73 Å². The van der Waals surface area contributed by atoms with Gasteiger partial charge in [-0.15, -0.1) is 0 Å². The topological polar surface area (TPSA) is 112 Å². The number of anilines is 1. The molecule has 1 aromatic carbocycles. The Labute approximate surface area is 141 Å². The molecule has 0 saturated heterocycles. The van der Waals surface area contributed by atoms with E-state index in [9.17, 15) is 10.5 Å². The summed E-state index contributed by atoms with van der Waals surface area (Å²) < 4.78 is 1.34. The number of rotatable bonds is 4. The van der Waals surface area contributed by atoms with Gasteiger partial charge in [0.15, 0.2) is 0 Å². The Kier molecular flexibility index (Phi) is 5.03. The fraction of sp³-hybridized carbons (Fsp3) is 0.278. The van der Waals surface area contributed by atoms with Crippen LogP contribution >= 0.6 is 0 Å². The number of nitrogen functional groups attached to an aromatic ring is 1. The summed E-state index contributed by atoms with van der Waals surface area (Å²) in [7, 11) is 0. The molecule has 6 heteroatoms. The SMILES string of the molecule is Cc1cc(C)c(C=C(C#N)c2nn(CCO)c(N)c2C#N)cc1C. The van der Waals surface area contributed by atoms with Gasteiger partial charge in [-0.25, -0.2) is 4.68 Å². The molecule has 6 nitrogen and oxygen atoms in total. The molecule has 1 aromatic heterocycles. The first-order chi connectivity index (χ1) is 11.4. The van der Waals surface area contributed by atoms with Crippen LogP contribution in [-0.2, 0) is 6.54 Å². The number of aryl methyl sites for hydroxylation is 3. The smallest absolute Gasteiger partial charge is 0.140 e. The van der Waals surface area contributed by atoms with Gasteiger partial charge < -0.3 is 10.8 Å². The highest BCUT2D eigenvalue weighted by molar-refractivity contribution is 5.91. The Balaban J connectivity index is 2.62. The van der Waals surface area contributed by atoms with Crippen LogP contribution in [0.4, 0.5) is 5.82 Å². The van der Waals surface area contributed by atoms with Gasteiger partial charge in [-0.05, 0) is 49.1 Å². The molecule has 0 aliphatic carbocycles. The first kappa shape index (κ1) is 17.3. The quantitative estimate of drug-likeness (QED) is 0.839. The van der Waals surface area contributed by atoms with E-state index in [2.05, 4.69) is 17.2 Å². The summed E-state index contributed by atoms with van der Waals surface area (Å²) in [6.07, 6.45) is 1.72. The number of nitrogens with zero attached hydrogens (tertiary/aromatic N) is 4. The number of nitrogens with two attached hydrogens (primary N) is 1. The second-order valence-corrected chi connectivity index (χ2v) is 5.63. The van der Waals surface area contributed by atoms with E-state index in [0.717, 1.165) is 16.7 Å². The van der Waals surface area contributed by atoms with Gasteiger partial charge in [-0.1, -0.05) is 12.1 Å². The Hall–Kier alpha value is -3.09. The Morgan fingerprint density at radius 1 is 1.25 bits per heavy atom. The van der Waals surface area contributed by atoms with Gasteiger partial charge in [-0.3, -0.25) is 0 Å². The number of aliphatic hydroxyl groups excluding tert-OH is 1. The molecule has 1 heterocycles. The van der Waals surface area contributed by atoms with Crippen LogP contribution in [0.2, 0.25) is 0 Å². The third kappa shape index (κ3) is 3.15. The van der Waals surface area contributed by atoms with Crippen LogP contribution in [0.15, 0.2) is 12.1 Å². The Morgan fingerprint density at radius 3 is 2.50 bits per heavy atom. The molecule has 2 aromatic rings. The minimum absolute atomic E-state index is 0.151. The van der Waals surface area contributed by atoms with Crippen molar-refractivity contribution in [2.24, 2.45) is 0 Å². The predicted molar refractivity (Wildman–Crippen MR) is 92.6 cm³/mol. The zero-order chi connectivity index (χ0) is 17.9. The average Bonchev–Trinajstić information content (AvgIpc) is 2.86. The number of allylic oxidation sites excluding steroid dienone is 1. The van der Waals surface area contributed by atoms with Crippen molar-refractivity contribution in [3.63, 3.8) is 0 Å². The van der Waals surface area contributed by atoms with E-state index >= 15 is 0 Å². The second kappa shape index (κ2) is 6.99. The fourth-order valence-electron chi connectivity index (χ4n) is 2.49. The van der Waals surface area contributed by atoms with Crippen LogP contribution in [0, 0.1) is 43.4 Å². The van der Waals surface area contributed by atoms with Crippen molar-refractivity contribution < 1.29 is 5.11 Å². The summed E-state index contributed by atoms with van der Waals surface area (Å²) in [6.45, 7) is 6.02. The lowest BCUT2D eigenvalue weighted by Crippen LogP contribution is -2.07. The number of hydrogen-bond acceptors (Lipinski definition) is 5. The van der Waals surface area contributed by atoms with E-state index in [1.807, 2.05) is 32.9 Å². The van der Waals surface area contributed by atoms with Gasteiger partial charge >= 0.3 is 0 Å². The summed E-state index contributed by atoms with van der Waals surface area (Å²) in [6, 6.07) is 8.16. The number of hydrogen-bond donors (Lipinski definition) is 2. The minimum Gasteiger partial charge on any atom is -0.394 e. The lowest BCUT2D eigenvalue weighted by Gasteiger charge is -2.06. The van der Waals surface area contributed by atoms with Crippen molar-refractivity contribution >= 4 is 17.5 Å². The Bertz CT molecular complexity index is 894. The lowest BCUT2D eigenvalue weighted by atomic mass is 9.98. The van der Waals surface area contributed by atoms with Crippen molar-refractivity contribution in [2.75, 3.05) is 12.3 Å². The molecule has 0 radical (unpaired) electrons. The summed E-state index contributed by atoms with van der Waals surface area (Å²) in [4.78, 5) is 0. The third-order valence-corrected chi connectivity index (χ3v) is 3.97. The third-order valence-electron chi connectivity index (χ3n) is 3.97. The van der Waals surface area contributed by atoms with E-state index in [1.54, 1.807) is 6.08 Å². The molecule has 122 valence electrons. The van der Waals surface area contributed by atoms with E-state index in [4.69, 9.17) is 10.8 Å². The van der Waals surface area contributed by atoms with Gasteiger partial charge in [0, 0.05) is 0 Å². The lowest BCUT2D eigenvalue weighted by molar-refractivity contribution is 0.270. The van der Waals surface area contributed by atoms with Crippen molar-refractivity contribution in [3.05, 3.63) is 45.6 Å².